The molecule has 1 saturated heterocycles. The molecule has 2 aromatic heterocycles. The number of nitrogens with one attached hydrogen (secondary N) is 1. The van der Waals surface area contributed by atoms with E-state index in [1.807, 2.05) is 0 Å². The lowest BCUT2D eigenvalue weighted by molar-refractivity contribution is -0.146. The number of carbonyl (C=O) groups excluding carboxylic acids is 1. The minimum atomic E-state index is -4.68. The Labute approximate surface area is 162 Å². The number of benzene rings is 1. The average molecular weight is 408 g/mol. The summed E-state index contributed by atoms with van der Waals surface area (Å²) in [5, 5.41) is 13.4. The van der Waals surface area contributed by atoms with Crippen LogP contribution in [0.3, 0.4) is 0 Å². The summed E-state index contributed by atoms with van der Waals surface area (Å²) in [5.74, 6) is -1.91. The van der Waals surface area contributed by atoms with Crippen molar-refractivity contribution in [2.45, 2.75) is 19.0 Å². The molecule has 0 saturated carbocycles. The fourth-order valence-corrected chi connectivity index (χ4v) is 3.30. The van der Waals surface area contributed by atoms with Gasteiger partial charge in [0.15, 0.2) is 5.65 Å². The number of rotatable bonds is 3. The van der Waals surface area contributed by atoms with Crippen molar-refractivity contribution in [2.24, 2.45) is 5.92 Å². The van der Waals surface area contributed by atoms with Crippen molar-refractivity contribution < 1.29 is 22.4 Å². The first kappa shape index (κ1) is 19.1. The SMILES string of the molecule is O=C(Nc1ccc(F)cc1)[C@@H]1CCCN(c2ccc3nnc(C(F)(F)F)n3n2)C1. The maximum absolute atomic E-state index is 13.1. The van der Waals surface area contributed by atoms with Crippen LogP contribution in [0, 0.1) is 11.7 Å². The second-order valence-electron chi connectivity index (χ2n) is 6.76. The number of nitrogens with zero attached hydrogens (tertiary/aromatic N) is 5. The summed E-state index contributed by atoms with van der Waals surface area (Å²) in [6.07, 6.45) is -3.37. The van der Waals surface area contributed by atoms with Crippen LogP contribution in [0.25, 0.3) is 5.65 Å². The molecule has 4 rings (SSSR count). The first-order valence-electron chi connectivity index (χ1n) is 8.92. The number of anilines is 2. The van der Waals surface area contributed by atoms with Gasteiger partial charge in [0.25, 0.3) is 5.82 Å². The van der Waals surface area contributed by atoms with Crippen molar-refractivity contribution in [1.82, 2.24) is 19.8 Å². The lowest BCUT2D eigenvalue weighted by Gasteiger charge is -2.32. The number of hydrogen-bond donors (Lipinski definition) is 1. The second kappa shape index (κ2) is 7.30. The number of piperidine rings is 1. The highest BCUT2D eigenvalue weighted by Gasteiger charge is 2.38. The van der Waals surface area contributed by atoms with Gasteiger partial charge < -0.3 is 10.2 Å². The van der Waals surface area contributed by atoms with E-state index in [0.29, 0.717) is 42.0 Å². The molecule has 1 atom stereocenters. The summed E-state index contributed by atoms with van der Waals surface area (Å²) >= 11 is 0. The molecule has 1 fully saturated rings. The van der Waals surface area contributed by atoms with Crippen molar-refractivity contribution in [3.63, 3.8) is 0 Å². The highest BCUT2D eigenvalue weighted by molar-refractivity contribution is 5.93. The van der Waals surface area contributed by atoms with Gasteiger partial charge >= 0.3 is 6.18 Å². The van der Waals surface area contributed by atoms with E-state index in [0.717, 1.165) is 0 Å². The molecule has 0 aliphatic carbocycles. The molecule has 11 heteroatoms. The monoisotopic (exact) mass is 408 g/mol. The Morgan fingerprint density at radius 3 is 2.59 bits per heavy atom. The Bertz CT molecular complexity index is 1030. The van der Waals surface area contributed by atoms with Crippen LogP contribution >= 0.6 is 0 Å². The van der Waals surface area contributed by atoms with Crippen LogP contribution in [0.2, 0.25) is 0 Å². The third-order valence-electron chi connectivity index (χ3n) is 4.73. The summed E-state index contributed by atoms with van der Waals surface area (Å²) in [4.78, 5) is 14.3. The number of carbonyl (C=O) groups is 1. The van der Waals surface area contributed by atoms with E-state index >= 15 is 0 Å². The van der Waals surface area contributed by atoms with Crippen LogP contribution < -0.4 is 10.2 Å². The molecular weight excluding hydrogens is 392 g/mol. The Morgan fingerprint density at radius 1 is 1.10 bits per heavy atom. The molecule has 7 nitrogen and oxygen atoms in total. The van der Waals surface area contributed by atoms with Crippen molar-refractivity contribution in [3.05, 3.63) is 48.0 Å². The van der Waals surface area contributed by atoms with Gasteiger partial charge in [-0.25, -0.2) is 4.39 Å². The van der Waals surface area contributed by atoms with Gasteiger partial charge in [0.05, 0.1) is 5.92 Å². The summed E-state index contributed by atoms with van der Waals surface area (Å²) in [6, 6.07) is 8.40. The van der Waals surface area contributed by atoms with E-state index in [2.05, 4.69) is 20.6 Å². The topological polar surface area (TPSA) is 75.4 Å². The summed E-state index contributed by atoms with van der Waals surface area (Å²) in [5.41, 5.74) is 0.469. The quantitative estimate of drug-likeness (QED) is 0.674. The van der Waals surface area contributed by atoms with Gasteiger partial charge in [0.2, 0.25) is 5.91 Å². The fraction of sp³-hybridized carbons (Fsp3) is 0.333. The Balaban J connectivity index is 1.52. The Morgan fingerprint density at radius 2 is 1.86 bits per heavy atom. The van der Waals surface area contributed by atoms with E-state index in [4.69, 9.17) is 0 Å². The number of alkyl halides is 3. The average Bonchev–Trinajstić information content (AvgIpc) is 3.13. The Kier molecular flexibility index (Phi) is 4.81. The van der Waals surface area contributed by atoms with E-state index in [-0.39, 0.29) is 17.5 Å². The maximum Gasteiger partial charge on any atom is 0.453 e. The molecule has 1 aliphatic rings. The number of hydrogen-bond acceptors (Lipinski definition) is 5. The number of halogens is 4. The van der Waals surface area contributed by atoms with E-state index in [1.165, 1.54) is 30.3 Å². The number of fused-ring (bicyclic) bond motifs is 1. The van der Waals surface area contributed by atoms with Crippen LogP contribution in [0.15, 0.2) is 36.4 Å². The van der Waals surface area contributed by atoms with Gasteiger partial charge in [-0.15, -0.1) is 15.3 Å². The first-order valence-corrected chi connectivity index (χ1v) is 8.92. The van der Waals surface area contributed by atoms with Gasteiger partial charge in [-0.3, -0.25) is 4.79 Å². The molecule has 0 unspecified atom stereocenters. The van der Waals surface area contributed by atoms with Crippen LogP contribution in [0.1, 0.15) is 18.7 Å². The molecule has 1 aromatic carbocycles. The lowest BCUT2D eigenvalue weighted by Crippen LogP contribution is -2.41. The molecule has 0 bridgehead atoms. The minimum Gasteiger partial charge on any atom is -0.354 e. The standard InChI is InChI=1S/C18H16F4N6O/c19-12-3-5-13(6-4-12)23-16(29)11-2-1-9-27(10-11)15-8-7-14-24-25-17(18(20,21)22)28(14)26-15/h3-8,11H,1-2,9-10H2,(H,23,29)/t11-/m1/s1. The minimum absolute atomic E-state index is 0.0105. The zero-order valence-corrected chi connectivity index (χ0v) is 15.0. The molecular formula is C18H16F4N6O. The fourth-order valence-electron chi connectivity index (χ4n) is 3.30. The van der Waals surface area contributed by atoms with E-state index < -0.39 is 17.8 Å². The highest BCUT2D eigenvalue weighted by Crippen LogP contribution is 2.29. The summed E-state index contributed by atoms with van der Waals surface area (Å²) < 4.78 is 52.9. The lowest BCUT2D eigenvalue weighted by atomic mass is 9.97. The zero-order chi connectivity index (χ0) is 20.6. The molecule has 152 valence electrons. The third-order valence-corrected chi connectivity index (χ3v) is 4.73. The smallest absolute Gasteiger partial charge is 0.354 e. The predicted molar refractivity (Wildman–Crippen MR) is 95.8 cm³/mol. The molecule has 3 heterocycles. The molecule has 1 aliphatic heterocycles. The summed E-state index contributed by atoms with van der Waals surface area (Å²) in [6.45, 7) is 0.858. The van der Waals surface area contributed by atoms with Crippen molar-refractivity contribution in [1.29, 1.82) is 0 Å². The maximum atomic E-state index is 13.1. The van der Waals surface area contributed by atoms with Crippen molar-refractivity contribution >= 4 is 23.1 Å². The normalized spacial score (nSPS) is 17.5. The number of amides is 1. The van der Waals surface area contributed by atoms with Gasteiger partial charge in [-0.05, 0) is 49.2 Å². The van der Waals surface area contributed by atoms with Gasteiger partial charge in [0.1, 0.15) is 11.6 Å². The molecule has 0 spiro atoms. The van der Waals surface area contributed by atoms with Crippen LogP contribution in [-0.2, 0) is 11.0 Å². The Hall–Kier alpha value is -3.24. The van der Waals surface area contributed by atoms with Crippen molar-refractivity contribution in [2.75, 3.05) is 23.3 Å². The molecule has 3 aromatic rings. The largest absolute Gasteiger partial charge is 0.453 e. The van der Waals surface area contributed by atoms with E-state index in [1.54, 1.807) is 11.0 Å². The molecule has 29 heavy (non-hydrogen) atoms. The van der Waals surface area contributed by atoms with Gasteiger partial charge in [0, 0.05) is 18.8 Å². The van der Waals surface area contributed by atoms with E-state index in [9.17, 15) is 22.4 Å². The second-order valence-corrected chi connectivity index (χ2v) is 6.76. The number of aromatic nitrogens is 4. The zero-order valence-electron chi connectivity index (χ0n) is 15.0. The van der Waals surface area contributed by atoms with Crippen LogP contribution in [0.5, 0.6) is 0 Å². The molecule has 0 radical (unpaired) electrons. The highest BCUT2D eigenvalue weighted by atomic mass is 19.4. The van der Waals surface area contributed by atoms with Gasteiger partial charge in [-0.2, -0.15) is 17.7 Å². The predicted octanol–water partition coefficient (Wildman–Crippen LogP) is 3.14. The van der Waals surface area contributed by atoms with Gasteiger partial charge in [-0.1, -0.05) is 0 Å². The first-order chi connectivity index (χ1) is 13.8. The molecule has 1 amide bonds. The molecule has 1 N–H and O–H groups in total. The third kappa shape index (κ3) is 3.98. The van der Waals surface area contributed by atoms with Crippen LogP contribution in [-0.4, -0.2) is 38.8 Å². The van der Waals surface area contributed by atoms with Crippen molar-refractivity contribution in [3.8, 4) is 0 Å². The van der Waals surface area contributed by atoms with Crippen LogP contribution in [0.4, 0.5) is 29.1 Å². The summed E-state index contributed by atoms with van der Waals surface area (Å²) in [7, 11) is 0.